The molecule has 1 amide bonds. The van der Waals surface area contributed by atoms with Crippen LogP contribution in [0.15, 0.2) is 18.2 Å². The van der Waals surface area contributed by atoms with E-state index in [1.54, 1.807) is 12.1 Å². The number of carbonyl (C=O) groups is 1. The first-order valence-electron chi connectivity index (χ1n) is 5.32. The van der Waals surface area contributed by atoms with Gasteiger partial charge < -0.3 is 5.32 Å². The van der Waals surface area contributed by atoms with Gasteiger partial charge in [-0.3, -0.25) is 4.79 Å². The fourth-order valence-corrected chi connectivity index (χ4v) is 2.67. The lowest BCUT2D eigenvalue weighted by atomic mass is 10.1. The minimum absolute atomic E-state index is 0.0910. The number of amides is 1. The van der Waals surface area contributed by atoms with Crippen molar-refractivity contribution in [2.45, 2.75) is 5.92 Å². The van der Waals surface area contributed by atoms with E-state index in [1.165, 1.54) is 11.3 Å². The van der Waals surface area contributed by atoms with Gasteiger partial charge in [0.2, 0.25) is 5.91 Å². The number of nitriles is 1. The highest BCUT2D eigenvalue weighted by molar-refractivity contribution is 7.18. The Labute approximate surface area is 119 Å². The number of nitrogens with zero attached hydrogens (tertiary/aromatic N) is 2. The Morgan fingerprint density at radius 1 is 1.63 bits per heavy atom. The van der Waals surface area contributed by atoms with E-state index in [-0.39, 0.29) is 6.54 Å². The fourth-order valence-electron chi connectivity index (χ4n) is 1.51. The van der Waals surface area contributed by atoms with Crippen LogP contribution in [0.4, 0.5) is 0 Å². The van der Waals surface area contributed by atoms with Gasteiger partial charge in [0.05, 0.1) is 22.8 Å². The number of rotatable bonds is 3. The van der Waals surface area contributed by atoms with Gasteiger partial charge in [-0.15, -0.1) is 17.8 Å². The SMILES string of the molecule is C#CCNC(=O)[C@H](C#N)c1nc2cc(Cl)ccc2s1. The van der Waals surface area contributed by atoms with Crippen molar-refractivity contribution < 1.29 is 4.79 Å². The molecule has 0 spiro atoms. The van der Waals surface area contributed by atoms with E-state index >= 15 is 0 Å². The fraction of sp³-hybridized carbons (Fsp3) is 0.154. The molecule has 0 aliphatic rings. The topological polar surface area (TPSA) is 65.8 Å². The van der Waals surface area contributed by atoms with Gasteiger partial charge in [-0.2, -0.15) is 5.26 Å². The summed E-state index contributed by atoms with van der Waals surface area (Å²) in [5, 5.41) is 12.6. The van der Waals surface area contributed by atoms with Gasteiger partial charge in [-0.25, -0.2) is 4.98 Å². The van der Waals surface area contributed by atoms with Crippen LogP contribution in [-0.2, 0) is 4.79 Å². The number of hydrogen-bond donors (Lipinski definition) is 1. The van der Waals surface area contributed by atoms with Crippen molar-refractivity contribution in [2.75, 3.05) is 6.54 Å². The summed E-state index contributed by atoms with van der Waals surface area (Å²) in [4.78, 5) is 16.1. The maximum atomic E-state index is 11.8. The van der Waals surface area contributed by atoms with Crippen LogP contribution < -0.4 is 5.32 Å². The molecular formula is C13H8ClN3OS. The van der Waals surface area contributed by atoms with E-state index in [9.17, 15) is 4.79 Å². The molecule has 0 saturated carbocycles. The maximum Gasteiger partial charge on any atom is 0.245 e. The van der Waals surface area contributed by atoms with E-state index in [0.717, 1.165) is 4.70 Å². The number of hydrogen-bond acceptors (Lipinski definition) is 4. The number of halogens is 1. The first kappa shape index (κ1) is 13.4. The summed E-state index contributed by atoms with van der Waals surface area (Å²) in [5.41, 5.74) is 0.678. The number of nitrogens with one attached hydrogen (secondary N) is 1. The van der Waals surface area contributed by atoms with Gasteiger partial charge in [-0.1, -0.05) is 17.5 Å². The highest BCUT2D eigenvalue weighted by Crippen LogP contribution is 2.29. The van der Waals surface area contributed by atoms with Crippen LogP contribution in [0.1, 0.15) is 10.9 Å². The smallest absolute Gasteiger partial charge is 0.245 e. The van der Waals surface area contributed by atoms with Crippen molar-refractivity contribution in [3.8, 4) is 18.4 Å². The third-order valence-electron chi connectivity index (χ3n) is 2.37. The van der Waals surface area contributed by atoms with Crippen molar-refractivity contribution in [1.29, 1.82) is 5.26 Å². The molecule has 0 saturated heterocycles. The second-order valence-electron chi connectivity index (χ2n) is 3.65. The van der Waals surface area contributed by atoms with Crippen molar-refractivity contribution >= 4 is 39.1 Å². The molecule has 1 heterocycles. The summed E-state index contributed by atoms with van der Waals surface area (Å²) in [6.07, 6.45) is 5.06. The monoisotopic (exact) mass is 289 g/mol. The Bertz CT molecular complexity index is 711. The third-order valence-corrected chi connectivity index (χ3v) is 3.71. The van der Waals surface area contributed by atoms with Crippen molar-refractivity contribution in [3.63, 3.8) is 0 Å². The first-order chi connectivity index (χ1) is 9.15. The van der Waals surface area contributed by atoms with Gasteiger partial charge in [0.1, 0.15) is 5.01 Å². The summed E-state index contributed by atoms with van der Waals surface area (Å²) < 4.78 is 0.879. The molecule has 0 radical (unpaired) electrons. The summed E-state index contributed by atoms with van der Waals surface area (Å²) in [5.74, 6) is 0.894. The maximum absolute atomic E-state index is 11.8. The Morgan fingerprint density at radius 3 is 3.11 bits per heavy atom. The van der Waals surface area contributed by atoms with E-state index in [1.807, 2.05) is 12.1 Å². The molecule has 2 rings (SSSR count). The molecule has 1 aromatic carbocycles. The standard InChI is InChI=1S/C13H8ClN3OS/c1-2-5-16-12(18)9(7-15)13-17-10-6-8(14)3-4-11(10)19-13/h1,3-4,6,9H,5H2,(H,16,18)/t9-/m0/s1. The molecule has 4 nitrogen and oxygen atoms in total. The quantitative estimate of drug-likeness (QED) is 0.882. The van der Waals surface area contributed by atoms with Crippen LogP contribution in [0.5, 0.6) is 0 Å². The highest BCUT2D eigenvalue weighted by atomic mass is 35.5. The lowest BCUT2D eigenvalue weighted by Crippen LogP contribution is -2.28. The Balaban J connectivity index is 2.34. The summed E-state index contributed by atoms with van der Waals surface area (Å²) in [6.45, 7) is 0.0910. The zero-order valence-electron chi connectivity index (χ0n) is 9.68. The van der Waals surface area contributed by atoms with Gasteiger partial charge in [0.15, 0.2) is 5.92 Å². The van der Waals surface area contributed by atoms with Crippen LogP contribution in [0.2, 0.25) is 5.02 Å². The summed E-state index contributed by atoms with van der Waals surface area (Å²) >= 11 is 7.17. The zero-order valence-corrected chi connectivity index (χ0v) is 11.3. The molecule has 6 heteroatoms. The Morgan fingerprint density at radius 2 is 2.42 bits per heavy atom. The van der Waals surface area contributed by atoms with E-state index < -0.39 is 11.8 Å². The summed E-state index contributed by atoms with van der Waals surface area (Å²) in [7, 11) is 0. The van der Waals surface area contributed by atoms with Crippen molar-refractivity contribution in [1.82, 2.24) is 10.3 Å². The van der Waals surface area contributed by atoms with E-state index in [2.05, 4.69) is 16.2 Å². The molecular weight excluding hydrogens is 282 g/mol. The third kappa shape index (κ3) is 2.85. The lowest BCUT2D eigenvalue weighted by molar-refractivity contribution is -0.121. The average molecular weight is 290 g/mol. The number of carbonyl (C=O) groups excluding carboxylic acids is 1. The lowest BCUT2D eigenvalue weighted by Gasteiger charge is -2.04. The molecule has 19 heavy (non-hydrogen) atoms. The predicted octanol–water partition coefficient (Wildman–Crippen LogP) is 2.31. The molecule has 0 aliphatic carbocycles. The highest BCUT2D eigenvalue weighted by Gasteiger charge is 2.23. The van der Waals surface area contributed by atoms with Crippen LogP contribution in [0.25, 0.3) is 10.2 Å². The number of fused-ring (bicyclic) bond motifs is 1. The van der Waals surface area contributed by atoms with Crippen LogP contribution in [-0.4, -0.2) is 17.4 Å². The van der Waals surface area contributed by atoms with Gasteiger partial charge in [-0.05, 0) is 18.2 Å². The van der Waals surface area contributed by atoms with Crippen LogP contribution in [0.3, 0.4) is 0 Å². The molecule has 0 unspecified atom stereocenters. The van der Waals surface area contributed by atoms with Gasteiger partial charge in [0.25, 0.3) is 0 Å². The minimum atomic E-state index is -0.954. The second kappa shape index (κ2) is 5.71. The van der Waals surface area contributed by atoms with E-state index in [4.69, 9.17) is 23.3 Å². The predicted molar refractivity (Wildman–Crippen MR) is 74.8 cm³/mol. The average Bonchev–Trinajstić information content (AvgIpc) is 2.79. The number of terminal acetylenes is 1. The molecule has 1 atom stereocenters. The van der Waals surface area contributed by atoms with Crippen molar-refractivity contribution in [3.05, 3.63) is 28.2 Å². The molecule has 2 aromatic rings. The Kier molecular flexibility index (Phi) is 4.01. The number of thiazole rings is 1. The molecule has 94 valence electrons. The number of aromatic nitrogens is 1. The van der Waals surface area contributed by atoms with Gasteiger partial charge in [0, 0.05) is 5.02 Å². The van der Waals surface area contributed by atoms with Crippen LogP contribution >= 0.6 is 22.9 Å². The molecule has 1 N–H and O–H groups in total. The molecule has 0 bridgehead atoms. The first-order valence-corrected chi connectivity index (χ1v) is 6.52. The van der Waals surface area contributed by atoms with E-state index in [0.29, 0.717) is 15.5 Å². The second-order valence-corrected chi connectivity index (χ2v) is 5.15. The molecule has 1 aromatic heterocycles. The zero-order chi connectivity index (χ0) is 13.8. The summed E-state index contributed by atoms with van der Waals surface area (Å²) in [6, 6.07) is 7.19. The number of benzene rings is 1. The van der Waals surface area contributed by atoms with Crippen molar-refractivity contribution in [2.24, 2.45) is 0 Å². The largest absolute Gasteiger partial charge is 0.344 e. The van der Waals surface area contributed by atoms with Crippen LogP contribution in [0, 0.1) is 23.7 Å². The molecule has 0 aliphatic heterocycles. The molecule has 0 fully saturated rings. The Hall–Kier alpha value is -2.08. The minimum Gasteiger partial charge on any atom is -0.344 e. The normalized spacial score (nSPS) is 11.5. The van der Waals surface area contributed by atoms with Gasteiger partial charge >= 0.3 is 0 Å².